The van der Waals surface area contributed by atoms with Gasteiger partial charge in [-0.1, -0.05) is 12.1 Å². The average molecular weight is 362 g/mol. The van der Waals surface area contributed by atoms with Gasteiger partial charge in [0.05, 0.1) is 23.9 Å². The maximum absolute atomic E-state index is 11.7. The topological polar surface area (TPSA) is 79.1 Å². The second-order valence-electron chi connectivity index (χ2n) is 6.02. The van der Waals surface area contributed by atoms with Crippen LogP contribution in [-0.4, -0.2) is 24.3 Å². The molecule has 0 atom stereocenters. The normalized spacial score (nSPS) is 10.4. The lowest BCUT2D eigenvalue weighted by Gasteiger charge is -2.10. The first kappa shape index (κ1) is 18.3. The molecule has 3 aromatic rings. The van der Waals surface area contributed by atoms with Gasteiger partial charge in [-0.15, -0.1) is 0 Å². The van der Waals surface area contributed by atoms with E-state index in [1.165, 1.54) is 0 Å². The van der Waals surface area contributed by atoms with E-state index in [0.29, 0.717) is 17.8 Å². The summed E-state index contributed by atoms with van der Waals surface area (Å²) in [4.78, 5) is 11.7. The van der Waals surface area contributed by atoms with Crippen molar-refractivity contribution < 1.29 is 9.53 Å². The smallest absolute Gasteiger partial charge is 0.319 e. The van der Waals surface area contributed by atoms with E-state index < -0.39 is 0 Å². The Morgan fingerprint density at radius 1 is 1.19 bits per heavy atom. The lowest BCUT2D eigenvalue weighted by molar-refractivity contribution is 0.252. The molecule has 1 heterocycles. The van der Waals surface area contributed by atoms with Crippen LogP contribution in [0.1, 0.15) is 19.4 Å². The van der Waals surface area contributed by atoms with Crippen LogP contribution in [0.5, 0.6) is 5.75 Å². The molecule has 6 nitrogen and oxygen atoms in total. The minimum atomic E-state index is -0.238. The molecule has 0 saturated heterocycles. The molecule has 0 spiro atoms. The van der Waals surface area contributed by atoms with Crippen molar-refractivity contribution in [2.75, 3.05) is 19.0 Å². The minimum absolute atomic E-state index is 0.238. The van der Waals surface area contributed by atoms with E-state index in [4.69, 9.17) is 4.74 Å². The highest BCUT2D eigenvalue weighted by Gasteiger charge is 2.18. The van der Waals surface area contributed by atoms with E-state index in [2.05, 4.69) is 28.2 Å². The average Bonchev–Trinajstić information content (AvgIpc) is 3.01. The molecular weight excluding hydrogens is 340 g/mol. The fourth-order valence-corrected chi connectivity index (χ4v) is 3.25. The van der Waals surface area contributed by atoms with Gasteiger partial charge in [0, 0.05) is 24.2 Å². The van der Waals surface area contributed by atoms with Crippen LogP contribution in [0.3, 0.4) is 0 Å². The third-order valence-electron chi connectivity index (χ3n) is 4.45. The maximum Gasteiger partial charge on any atom is 0.319 e. The largest absolute Gasteiger partial charge is 0.497 e. The van der Waals surface area contributed by atoms with Gasteiger partial charge in [0.25, 0.3) is 0 Å². The van der Waals surface area contributed by atoms with E-state index in [0.717, 1.165) is 34.5 Å². The molecule has 2 aromatic carbocycles. The predicted octanol–water partition coefficient (Wildman–Crippen LogP) is 4.35. The highest BCUT2D eigenvalue weighted by Crippen LogP contribution is 2.35. The zero-order valence-corrected chi connectivity index (χ0v) is 15.7. The number of fused-ring (bicyclic) bond motifs is 1. The van der Waals surface area contributed by atoms with E-state index in [1.54, 1.807) is 7.11 Å². The molecule has 0 aliphatic heterocycles. The Hall–Kier alpha value is -3.46. The van der Waals surface area contributed by atoms with Crippen molar-refractivity contribution in [3.63, 3.8) is 0 Å². The molecule has 0 fully saturated rings. The van der Waals surface area contributed by atoms with Gasteiger partial charge in [0.15, 0.2) is 0 Å². The molecule has 1 aromatic heterocycles. The highest BCUT2D eigenvalue weighted by molar-refractivity contribution is 5.96. The van der Waals surface area contributed by atoms with Gasteiger partial charge in [-0.25, -0.2) is 4.79 Å². The number of carbonyl (C=O) groups excluding carboxylic acids is 1. The Morgan fingerprint density at radius 3 is 2.52 bits per heavy atom. The molecule has 27 heavy (non-hydrogen) atoms. The Balaban J connectivity index is 2.08. The van der Waals surface area contributed by atoms with E-state index in [9.17, 15) is 10.1 Å². The fraction of sp³-hybridized carbons (Fsp3) is 0.238. The molecule has 0 unspecified atom stereocenters. The van der Waals surface area contributed by atoms with Crippen molar-refractivity contribution >= 4 is 22.6 Å². The molecule has 3 rings (SSSR count). The number of benzene rings is 2. The summed E-state index contributed by atoms with van der Waals surface area (Å²) in [7, 11) is 1.62. The number of hydrogen-bond acceptors (Lipinski definition) is 3. The summed E-state index contributed by atoms with van der Waals surface area (Å²) in [6.07, 6.45) is 0. The number of nitriles is 1. The van der Waals surface area contributed by atoms with Gasteiger partial charge in [0.1, 0.15) is 11.8 Å². The fourth-order valence-electron chi connectivity index (χ4n) is 3.25. The van der Waals surface area contributed by atoms with Crippen molar-refractivity contribution in [1.29, 1.82) is 5.26 Å². The van der Waals surface area contributed by atoms with Crippen LogP contribution in [0.15, 0.2) is 42.5 Å². The van der Waals surface area contributed by atoms with Gasteiger partial charge < -0.3 is 19.9 Å². The van der Waals surface area contributed by atoms with Crippen LogP contribution in [0.2, 0.25) is 0 Å². The Morgan fingerprint density at radius 2 is 1.93 bits per heavy atom. The van der Waals surface area contributed by atoms with E-state index >= 15 is 0 Å². The number of nitrogens with one attached hydrogen (secondary N) is 2. The number of hydrogen-bond donors (Lipinski definition) is 2. The molecule has 2 amide bonds. The number of ether oxygens (including phenoxy) is 1. The summed E-state index contributed by atoms with van der Waals surface area (Å²) in [5.41, 5.74) is 4.10. The van der Waals surface area contributed by atoms with Crippen LogP contribution in [0.25, 0.3) is 22.2 Å². The second-order valence-corrected chi connectivity index (χ2v) is 6.02. The SMILES string of the molecule is CCNC(=O)Nc1ccc(-c2c(C#N)c3cc(OC)ccc3n2CC)cc1. The summed E-state index contributed by atoms with van der Waals surface area (Å²) < 4.78 is 7.44. The van der Waals surface area contributed by atoms with Crippen molar-refractivity contribution in [3.8, 4) is 23.1 Å². The monoisotopic (exact) mass is 362 g/mol. The summed E-state index contributed by atoms with van der Waals surface area (Å²) in [5, 5.41) is 16.2. The Bertz CT molecular complexity index is 1010. The third-order valence-corrected chi connectivity index (χ3v) is 4.45. The molecular formula is C21H22N4O2. The molecule has 0 radical (unpaired) electrons. The number of aryl methyl sites for hydroxylation is 1. The van der Waals surface area contributed by atoms with Gasteiger partial charge in [-0.2, -0.15) is 5.26 Å². The lowest BCUT2D eigenvalue weighted by Crippen LogP contribution is -2.28. The number of rotatable bonds is 5. The van der Waals surface area contributed by atoms with Crippen molar-refractivity contribution in [1.82, 2.24) is 9.88 Å². The summed E-state index contributed by atoms with van der Waals surface area (Å²) in [6.45, 7) is 5.22. The van der Waals surface area contributed by atoms with Crippen LogP contribution in [0, 0.1) is 11.3 Å². The van der Waals surface area contributed by atoms with E-state index in [1.807, 2.05) is 49.4 Å². The number of amides is 2. The van der Waals surface area contributed by atoms with Crippen molar-refractivity contribution in [2.45, 2.75) is 20.4 Å². The molecule has 0 aliphatic rings. The van der Waals surface area contributed by atoms with Gasteiger partial charge in [0.2, 0.25) is 0 Å². The lowest BCUT2D eigenvalue weighted by atomic mass is 10.1. The maximum atomic E-state index is 11.7. The number of aromatic nitrogens is 1. The number of anilines is 1. The Kier molecular flexibility index (Phi) is 5.32. The molecule has 0 saturated carbocycles. The molecule has 2 N–H and O–H groups in total. The first-order valence-electron chi connectivity index (χ1n) is 8.88. The number of nitrogens with zero attached hydrogens (tertiary/aromatic N) is 2. The van der Waals surface area contributed by atoms with Crippen molar-refractivity contribution in [3.05, 3.63) is 48.0 Å². The van der Waals surface area contributed by atoms with Crippen molar-refractivity contribution in [2.24, 2.45) is 0 Å². The van der Waals surface area contributed by atoms with Crippen LogP contribution in [-0.2, 0) is 6.54 Å². The summed E-state index contributed by atoms with van der Waals surface area (Å²) >= 11 is 0. The zero-order chi connectivity index (χ0) is 19.4. The standard InChI is InChI=1S/C21H22N4O2/c1-4-23-21(26)24-15-8-6-14(7-9-15)20-18(13-22)17-12-16(27-3)10-11-19(17)25(20)5-2/h6-12H,4-5H2,1-3H3,(H2,23,24,26). The van der Waals surface area contributed by atoms with Crippen LogP contribution in [0.4, 0.5) is 10.5 Å². The quantitative estimate of drug-likeness (QED) is 0.708. The third kappa shape index (κ3) is 3.44. The molecule has 6 heteroatoms. The van der Waals surface area contributed by atoms with E-state index in [-0.39, 0.29) is 6.03 Å². The summed E-state index contributed by atoms with van der Waals surface area (Å²) in [6, 6.07) is 15.4. The number of methoxy groups -OCH3 is 1. The van der Waals surface area contributed by atoms with Gasteiger partial charge >= 0.3 is 6.03 Å². The predicted molar refractivity (Wildman–Crippen MR) is 107 cm³/mol. The molecule has 138 valence electrons. The van der Waals surface area contributed by atoms with Crippen LogP contribution < -0.4 is 15.4 Å². The molecule has 0 bridgehead atoms. The van der Waals surface area contributed by atoms with Crippen LogP contribution >= 0.6 is 0 Å². The first-order chi connectivity index (χ1) is 13.1. The zero-order valence-electron chi connectivity index (χ0n) is 15.7. The summed E-state index contributed by atoms with van der Waals surface area (Å²) in [5.74, 6) is 0.722. The second kappa shape index (κ2) is 7.83. The first-order valence-corrected chi connectivity index (χ1v) is 8.88. The minimum Gasteiger partial charge on any atom is -0.497 e. The highest BCUT2D eigenvalue weighted by atomic mass is 16.5. The Labute approximate surface area is 158 Å². The van der Waals surface area contributed by atoms with Gasteiger partial charge in [-0.05, 0) is 49.7 Å². The number of urea groups is 1. The molecule has 0 aliphatic carbocycles. The van der Waals surface area contributed by atoms with Gasteiger partial charge in [-0.3, -0.25) is 0 Å². The number of carbonyl (C=O) groups is 1.